The van der Waals surface area contributed by atoms with Crippen molar-refractivity contribution in [2.75, 3.05) is 18.0 Å². The summed E-state index contributed by atoms with van der Waals surface area (Å²) >= 11 is 6.51. The fourth-order valence-electron chi connectivity index (χ4n) is 3.30. The van der Waals surface area contributed by atoms with E-state index in [1.165, 1.54) is 0 Å². The Balaban J connectivity index is 2.01. The second-order valence-electron chi connectivity index (χ2n) is 7.20. The number of anilines is 1. The minimum Gasteiger partial charge on any atom is -0.390 e. The highest BCUT2D eigenvalue weighted by atomic mass is 35.5. The number of hydrogen-bond donors (Lipinski definition) is 2. The van der Waals surface area contributed by atoms with Crippen molar-refractivity contribution in [1.29, 1.82) is 0 Å². The summed E-state index contributed by atoms with van der Waals surface area (Å²) in [6, 6.07) is 1.85. The van der Waals surface area contributed by atoms with Crippen LogP contribution in [0.5, 0.6) is 0 Å². The van der Waals surface area contributed by atoms with Gasteiger partial charge in [-0.2, -0.15) is 0 Å². The van der Waals surface area contributed by atoms with Crippen LogP contribution in [0.1, 0.15) is 43.8 Å². The molecule has 0 radical (unpaired) electrons. The van der Waals surface area contributed by atoms with E-state index in [-0.39, 0.29) is 12.1 Å². The van der Waals surface area contributed by atoms with E-state index in [1.54, 1.807) is 6.20 Å². The zero-order valence-electron chi connectivity index (χ0n) is 15.6. The Morgan fingerprint density at radius 1 is 1.27 bits per heavy atom. The molecule has 1 aliphatic heterocycles. The number of nitrogens with two attached hydrogens (primary N) is 1. The van der Waals surface area contributed by atoms with Gasteiger partial charge in [-0.1, -0.05) is 18.5 Å². The summed E-state index contributed by atoms with van der Waals surface area (Å²) in [6.45, 7) is 7.46. The number of aryl methyl sites for hydroxylation is 2. The molecule has 1 saturated heterocycles. The van der Waals surface area contributed by atoms with Crippen LogP contribution in [0.25, 0.3) is 11.3 Å². The molecule has 6 nitrogen and oxygen atoms in total. The Hall–Kier alpha value is -1.76. The van der Waals surface area contributed by atoms with Crippen molar-refractivity contribution in [2.24, 2.45) is 5.73 Å². The summed E-state index contributed by atoms with van der Waals surface area (Å²) < 4.78 is 0. The molecule has 0 aliphatic carbocycles. The molecule has 0 bridgehead atoms. The predicted molar refractivity (Wildman–Crippen MR) is 104 cm³/mol. The lowest BCUT2D eigenvalue weighted by Gasteiger charge is -2.38. The topological polar surface area (TPSA) is 88.2 Å². The molecule has 2 aromatic heterocycles. The second kappa shape index (κ2) is 7.47. The molecule has 0 atom stereocenters. The molecule has 1 aliphatic rings. The summed E-state index contributed by atoms with van der Waals surface area (Å²) in [7, 11) is 0. The maximum Gasteiger partial charge on any atom is 0.153 e. The second-order valence-corrected chi connectivity index (χ2v) is 7.58. The zero-order valence-corrected chi connectivity index (χ0v) is 16.3. The lowest BCUT2D eigenvalue weighted by atomic mass is 9.91. The summed E-state index contributed by atoms with van der Waals surface area (Å²) in [4.78, 5) is 16.0. The van der Waals surface area contributed by atoms with Gasteiger partial charge in [0.25, 0.3) is 0 Å². The van der Waals surface area contributed by atoms with Crippen molar-refractivity contribution < 1.29 is 5.11 Å². The number of halogens is 1. The molecule has 3 N–H and O–H groups in total. The number of nitrogens with zero attached hydrogens (tertiary/aromatic N) is 4. The third-order valence-electron chi connectivity index (χ3n) is 5.03. The molecule has 0 saturated carbocycles. The largest absolute Gasteiger partial charge is 0.390 e. The van der Waals surface area contributed by atoms with E-state index in [9.17, 15) is 5.11 Å². The molecule has 0 aromatic carbocycles. The third kappa shape index (κ3) is 3.68. The van der Waals surface area contributed by atoms with Gasteiger partial charge in [-0.3, -0.25) is 4.98 Å². The average molecular weight is 376 g/mol. The highest BCUT2D eigenvalue weighted by Gasteiger charge is 2.28. The summed E-state index contributed by atoms with van der Waals surface area (Å²) in [5, 5.41) is 10.5. The molecule has 0 spiro atoms. The number of hydrogen-bond acceptors (Lipinski definition) is 6. The third-order valence-corrected chi connectivity index (χ3v) is 5.45. The van der Waals surface area contributed by atoms with E-state index in [1.807, 2.05) is 19.9 Å². The quantitative estimate of drug-likeness (QED) is 0.854. The van der Waals surface area contributed by atoms with Gasteiger partial charge in [0.2, 0.25) is 0 Å². The van der Waals surface area contributed by atoms with Gasteiger partial charge in [0.05, 0.1) is 28.7 Å². The summed E-state index contributed by atoms with van der Waals surface area (Å²) in [6.07, 6.45) is 4.25. The van der Waals surface area contributed by atoms with Crippen LogP contribution in [0.4, 0.5) is 5.82 Å². The number of rotatable bonds is 4. The first kappa shape index (κ1) is 19.0. The maximum atomic E-state index is 9.88. The van der Waals surface area contributed by atoms with Crippen LogP contribution in [-0.4, -0.2) is 38.7 Å². The molecule has 7 heteroatoms. The molecular formula is C19H26ClN5O. The predicted octanol–water partition coefficient (Wildman–Crippen LogP) is 2.87. The van der Waals surface area contributed by atoms with Gasteiger partial charge in [-0.05, 0) is 39.2 Å². The Kier molecular flexibility index (Phi) is 5.46. The first-order valence-electron chi connectivity index (χ1n) is 9.02. The van der Waals surface area contributed by atoms with Crippen LogP contribution >= 0.6 is 11.6 Å². The molecule has 140 valence electrons. The molecular weight excluding hydrogens is 350 g/mol. The van der Waals surface area contributed by atoms with E-state index < -0.39 is 0 Å². The molecule has 2 aromatic rings. The molecule has 26 heavy (non-hydrogen) atoms. The maximum absolute atomic E-state index is 9.88. The van der Waals surface area contributed by atoms with Gasteiger partial charge in [0, 0.05) is 30.4 Å². The standard InChI is InChI=1S/C19H26ClN5O/c1-4-14-16(20)13(5-8-22-14)17-12(2)23-18(15(11-26)24-17)25-9-6-19(3,21)7-10-25/h5,8,26H,4,6-7,9-11,21H2,1-3H3. The Labute approximate surface area is 159 Å². The Morgan fingerprint density at radius 2 is 1.96 bits per heavy atom. The smallest absolute Gasteiger partial charge is 0.153 e. The summed E-state index contributed by atoms with van der Waals surface area (Å²) in [5.41, 5.74) is 9.77. The lowest BCUT2D eigenvalue weighted by Crippen LogP contribution is -2.48. The van der Waals surface area contributed by atoms with Crippen molar-refractivity contribution in [2.45, 2.75) is 52.2 Å². The van der Waals surface area contributed by atoms with Crippen molar-refractivity contribution in [3.8, 4) is 11.3 Å². The van der Waals surface area contributed by atoms with Gasteiger partial charge in [0.1, 0.15) is 5.69 Å². The van der Waals surface area contributed by atoms with Crippen molar-refractivity contribution in [1.82, 2.24) is 15.0 Å². The summed E-state index contributed by atoms with van der Waals surface area (Å²) in [5.74, 6) is 0.741. The van der Waals surface area contributed by atoms with E-state index in [2.05, 4.69) is 16.8 Å². The van der Waals surface area contributed by atoms with Gasteiger partial charge in [0.15, 0.2) is 5.82 Å². The molecule has 0 unspecified atom stereocenters. The van der Waals surface area contributed by atoms with Crippen LogP contribution in [-0.2, 0) is 13.0 Å². The van der Waals surface area contributed by atoms with E-state index in [4.69, 9.17) is 27.3 Å². The van der Waals surface area contributed by atoms with Crippen LogP contribution < -0.4 is 10.6 Å². The van der Waals surface area contributed by atoms with Gasteiger partial charge >= 0.3 is 0 Å². The molecule has 1 fully saturated rings. The minimum atomic E-state index is -0.171. The Morgan fingerprint density at radius 3 is 2.58 bits per heavy atom. The molecule has 3 heterocycles. The number of aliphatic hydroxyl groups excluding tert-OH is 1. The van der Waals surface area contributed by atoms with Crippen molar-refractivity contribution in [3.05, 3.63) is 34.4 Å². The number of aromatic nitrogens is 3. The molecule has 0 amide bonds. The van der Waals surface area contributed by atoms with Crippen molar-refractivity contribution in [3.63, 3.8) is 0 Å². The monoisotopic (exact) mass is 375 g/mol. The Bertz CT molecular complexity index is 799. The van der Waals surface area contributed by atoms with E-state index >= 15 is 0 Å². The normalized spacial score (nSPS) is 16.8. The lowest BCUT2D eigenvalue weighted by molar-refractivity contribution is 0.275. The highest BCUT2D eigenvalue weighted by molar-refractivity contribution is 6.33. The van der Waals surface area contributed by atoms with Crippen LogP contribution in [0.3, 0.4) is 0 Å². The van der Waals surface area contributed by atoms with Crippen LogP contribution in [0, 0.1) is 6.92 Å². The number of aliphatic hydroxyl groups is 1. The number of piperidine rings is 1. The first-order valence-corrected chi connectivity index (χ1v) is 9.40. The van der Waals surface area contributed by atoms with Gasteiger partial charge in [-0.15, -0.1) is 0 Å². The average Bonchev–Trinajstić information content (AvgIpc) is 2.62. The fraction of sp³-hybridized carbons (Fsp3) is 0.526. The van der Waals surface area contributed by atoms with E-state index in [0.29, 0.717) is 16.4 Å². The SMILES string of the molecule is CCc1nccc(-c2nc(CO)c(N3CCC(C)(N)CC3)nc2C)c1Cl. The van der Waals surface area contributed by atoms with Crippen LogP contribution in [0.2, 0.25) is 5.02 Å². The van der Waals surface area contributed by atoms with Crippen molar-refractivity contribution >= 4 is 17.4 Å². The highest BCUT2D eigenvalue weighted by Crippen LogP contribution is 2.33. The minimum absolute atomic E-state index is 0.139. The molecule has 3 rings (SSSR count). The first-order chi connectivity index (χ1) is 12.4. The zero-order chi connectivity index (χ0) is 18.9. The van der Waals surface area contributed by atoms with Gasteiger partial charge < -0.3 is 15.7 Å². The fourth-order valence-corrected chi connectivity index (χ4v) is 3.64. The van der Waals surface area contributed by atoms with Crippen LogP contribution in [0.15, 0.2) is 12.3 Å². The van der Waals surface area contributed by atoms with E-state index in [0.717, 1.165) is 55.1 Å². The van der Waals surface area contributed by atoms with Gasteiger partial charge in [-0.25, -0.2) is 9.97 Å². The number of pyridine rings is 1.